The fourth-order valence-corrected chi connectivity index (χ4v) is 6.72. The van der Waals surface area contributed by atoms with E-state index in [0.717, 1.165) is 59.1 Å². The number of carbonyl (C=O) groups excluding carboxylic acids is 1. The van der Waals surface area contributed by atoms with E-state index < -0.39 is 0 Å². The number of rotatable bonds is 6. The lowest BCUT2D eigenvalue weighted by molar-refractivity contribution is -0.0158. The lowest BCUT2D eigenvalue weighted by Crippen LogP contribution is -2.50. The van der Waals surface area contributed by atoms with E-state index in [1.807, 2.05) is 47.4 Å². The Morgan fingerprint density at radius 3 is 2.44 bits per heavy atom. The predicted molar refractivity (Wildman–Crippen MR) is 149 cm³/mol. The van der Waals surface area contributed by atoms with Gasteiger partial charge in [-0.3, -0.25) is 0 Å². The lowest BCUT2D eigenvalue weighted by atomic mass is 9.99. The van der Waals surface area contributed by atoms with Gasteiger partial charge in [-0.25, -0.2) is 4.79 Å². The highest BCUT2D eigenvalue weighted by Crippen LogP contribution is 2.46. The van der Waals surface area contributed by atoms with E-state index in [0.29, 0.717) is 33.8 Å². The zero-order valence-corrected chi connectivity index (χ0v) is 23.2. The monoisotopic (exact) mass is 637 g/mol. The summed E-state index contributed by atoms with van der Waals surface area (Å²) in [4.78, 5) is 15.1. The van der Waals surface area contributed by atoms with Crippen molar-refractivity contribution in [1.82, 2.24) is 10.1 Å². The molecule has 0 spiro atoms. The Labute approximate surface area is 233 Å². The van der Waals surface area contributed by atoms with Gasteiger partial charge in [-0.15, -0.1) is 0 Å². The second kappa shape index (κ2) is 10.2. The second-order valence-corrected chi connectivity index (χ2v) is 11.9. The molecule has 1 N–H and O–H groups in total. The van der Waals surface area contributed by atoms with Gasteiger partial charge in [0.2, 0.25) is 0 Å². The zero-order valence-electron chi connectivity index (χ0n) is 19.6. The van der Waals surface area contributed by atoms with Crippen molar-refractivity contribution in [2.45, 2.75) is 69.2 Å². The molecule has 9 heteroatoms. The average Bonchev–Trinajstić information content (AvgIpc) is 3.55. The van der Waals surface area contributed by atoms with Gasteiger partial charge in [-0.2, -0.15) is 0 Å². The van der Waals surface area contributed by atoms with Gasteiger partial charge in [0.15, 0.2) is 0 Å². The average molecular weight is 638 g/mol. The Balaban J connectivity index is 1.16. The minimum absolute atomic E-state index is 0.0198. The topological polar surface area (TPSA) is 67.6 Å². The molecule has 3 heterocycles. The molecule has 1 aromatic heterocycles. The van der Waals surface area contributed by atoms with Crippen LogP contribution in [0.3, 0.4) is 0 Å². The molecule has 3 fully saturated rings. The number of nitrogens with one attached hydrogen (secondary N) is 1. The van der Waals surface area contributed by atoms with E-state index in [-0.39, 0.29) is 24.2 Å². The van der Waals surface area contributed by atoms with Gasteiger partial charge in [0.1, 0.15) is 11.5 Å². The number of hydrogen-bond acceptors (Lipinski definition) is 4. The van der Waals surface area contributed by atoms with Crippen LogP contribution in [-0.4, -0.2) is 34.3 Å². The molecule has 2 bridgehead atoms. The molecule has 3 aromatic rings. The third kappa shape index (κ3) is 4.87. The summed E-state index contributed by atoms with van der Waals surface area (Å²) in [6, 6.07) is 13.7. The summed E-state index contributed by atoms with van der Waals surface area (Å²) in [5.41, 5.74) is 3.14. The summed E-state index contributed by atoms with van der Waals surface area (Å²) in [5.74, 6) is 1.27. The first kappa shape index (κ1) is 24.5. The fraction of sp³-hybridized carbons (Fsp3) is 0.407. The van der Waals surface area contributed by atoms with Crippen LogP contribution in [-0.2, 0) is 11.3 Å². The van der Waals surface area contributed by atoms with Gasteiger partial charge in [0.25, 0.3) is 0 Å². The third-order valence-corrected chi connectivity index (χ3v) is 8.73. The van der Waals surface area contributed by atoms with Crippen LogP contribution in [0.5, 0.6) is 0 Å². The van der Waals surface area contributed by atoms with Crippen molar-refractivity contribution in [3.05, 3.63) is 67.4 Å². The number of carbonyl (C=O) groups is 1. The molecule has 3 atom stereocenters. The Kier molecular flexibility index (Phi) is 6.92. The molecular weight excluding hydrogens is 612 g/mol. The predicted octanol–water partition coefficient (Wildman–Crippen LogP) is 7.87. The number of amides is 2. The first-order chi connectivity index (χ1) is 17.5. The van der Waals surface area contributed by atoms with Crippen molar-refractivity contribution < 1.29 is 14.1 Å². The lowest BCUT2D eigenvalue weighted by Gasteiger charge is -2.38. The molecule has 3 aliphatic rings. The third-order valence-electron chi connectivity index (χ3n) is 7.43. The van der Waals surface area contributed by atoms with Crippen LogP contribution in [0.15, 0.2) is 47.0 Å². The number of fused-ring (bicyclic) bond motifs is 2. The first-order valence-corrected chi connectivity index (χ1v) is 14.2. The molecule has 1 saturated carbocycles. The first-order valence-electron chi connectivity index (χ1n) is 12.4. The van der Waals surface area contributed by atoms with Gasteiger partial charge in [-0.1, -0.05) is 40.5 Å². The Morgan fingerprint density at radius 2 is 1.78 bits per heavy atom. The van der Waals surface area contributed by atoms with Crippen molar-refractivity contribution in [2.75, 3.05) is 5.32 Å². The minimum Gasteiger partial charge on any atom is -0.373 e. The minimum atomic E-state index is -0.0198. The largest absolute Gasteiger partial charge is 0.373 e. The van der Waals surface area contributed by atoms with Gasteiger partial charge in [0.05, 0.1) is 22.8 Å². The normalized spacial score (nSPS) is 23.2. The maximum Gasteiger partial charge on any atom is 0.322 e. The number of anilines is 1. The summed E-state index contributed by atoms with van der Waals surface area (Å²) >= 11 is 15.3. The summed E-state index contributed by atoms with van der Waals surface area (Å²) < 4.78 is 13.4. The standard InChI is InChI=1S/C27H26Cl2IN3O3/c28-22-5-2-6-23(29)24(22)25-21(26(36-32-25)15-7-8-15)14-35-20-12-18-9-10-19(13-20)33(18)27(34)31-17-4-1-3-16(30)11-17/h1-6,11,15,18-20H,7-10,12-14H2,(H,31,34)/t18-,19?,20?/m0/s1. The highest BCUT2D eigenvalue weighted by atomic mass is 127. The Morgan fingerprint density at radius 1 is 1.08 bits per heavy atom. The number of benzene rings is 2. The number of halogens is 3. The van der Waals surface area contributed by atoms with Gasteiger partial charge >= 0.3 is 6.03 Å². The van der Waals surface area contributed by atoms with Gasteiger partial charge < -0.3 is 19.5 Å². The highest BCUT2D eigenvalue weighted by molar-refractivity contribution is 14.1. The van der Waals surface area contributed by atoms with E-state index in [4.69, 9.17) is 32.5 Å². The summed E-state index contributed by atoms with van der Waals surface area (Å²) in [5, 5.41) is 8.54. The van der Waals surface area contributed by atoms with E-state index in [1.165, 1.54) is 0 Å². The molecule has 36 heavy (non-hydrogen) atoms. The van der Waals surface area contributed by atoms with Crippen molar-refractivity contribution in [2.24, 2.45) is 0 Å². The molecule has 2 aliphatic heterocycles. The van der Waals surface area contributed by atoms with E-state index in [9.17, 15) is 4.79 Å². The van der Waals surface area contributed by atoms with Gasteiger partial charge in [0, 0.05) is 38.4 Å². The van der Waals surface area contributed by atoms with Crippen LogP contribution >= 0.6 is 45.8 Å². The van der Waals surface area contributed by atoms with Gasteiger partial charge in [-0.05, 0) is 91.4 Å². The number of ether oxygens (including phenoxy) is 1. The van der Waals surface area contributed by atoms with E-state index >= 15 is 0 Å². The second-order valence-electron chi connectivity index (χ2n) is 9.88. The number of piperidine rings is 1. The zero-order chi connectivity index (χ0) is 24.8. The summed E-state index contributed by atoms with van der Waals surface area (Å²) in [7, 11) is 0. The Hall–Kier alpha value is -1.81. The molecule has 6 nitrogen and oxygen atoms in total. The van der Waals surface area contributed by atoms with Crippen LogP contribution in [0.25, 0.3) is 11.3 Å². The van der Waals surface area contributed by atoms with Crippen molar-refractivity contribution in [1.29, 1.82) is 0 Å². The maximum absolute atomic E-state index is 13.1. The van der Waals surface area contributed by atoms with E-state index in [1.54, 1.807) is 0 Å². The van der Waals surface area contributed by atoms with Crippen LogP contribution < -0.4 is 5.32 Å². The van der Waals surface area contributed by atoms with Crippen molar-refractivity contribution in [3.8, 4) is 11.3 Å². The Bertz CT molecular complexity index is 1260. The molecule has 188 valence electrons. The quantitative estimate of drug-likeness (QED) is 0.279. The summed E-state index contributed by atoms with van der Waals surface area (Å²) in [6.45, 7) is 0.394. The van der Waals surface area contributed by atoms with E-state index in [2.05, 4.69) is 33.1 Å². The molecule has 2 amide bonds. The van der Waals surface area contributed by atoms with Crippen LogP contribution in [0.4, 0.5) is 10.5 Å². The summed E-state index contributed by atoms with van der Waals surface area (Å²) in [6.07, 6.45) is 5.91. The van der Waals surface area contributed by atoms with Crippen molar-refractivity contribution in [3.63, 3.8) is 0 Å². The SMILES string of the molecule is O=C(Nc1cccc(I)c1)N1C2CC[C@H]1CC(OCc1c(-c3c(Cl)cccc3Cl)noc1C1CC1)C2. The molecular formula is C27H26Cl2IN3O3. The smallest absolute Gasteiger partial charge is 0.322 e. The number of hydrogen-bond donors (Lipinski definition) is 1. The molecule has 2 aromatic carbocycles. The molecule has 2 saturated heterocycles. The molecule has 6 rings (SSSR count). The van der Waals surface area contributed by atoms with Crippen LogP contribution in [0, 0.1) is 3.57 Å². The highest BCUT2D eigenvalue weighted by Gasteiger charge is 2.44. The number of aromatic nitrogens is 1. The molecule has 1 aliphatic carbocycles. The van der Waals surface area contributed by atoms with Crippen molar-refractivity contribution >= 4 is 57.5 Å². The number of nitrogens with zero attached hydrogens (tertiary/aromatic N) is 2. The van der Waals surface area contributed by atoms with Crippen LogP contribution in [0.1, 0.15) is 55.8 Å². The number of urea groups is 1. The molecule has 2 unspecified atom stereocenters. The molecule has 0 radical (unpaired) electrons. The maximum atomic E-state index is 13.1. The van der Waals surface area contributed by atoms with Crippen LogP contribution in [0.2, 0.25) is 10.0 Å². The fourth-order valence-electron chi connectivity index (χ4n) is 5.60.